The van der Waals surface area contributed by atoms with Gasteiger partial charge in [-0.2, -0.15) is 5.10 Å². The van der Waals surface area contributed by atoms with E-state index in [9.17, 15) is 4.79 Å². The Kier molecular flexibility index (Phi) is 2.24. The topological polar surface area (TPSA) is 68.3 Å². The smallest absolute Gasteiger partial charge is 0.354 e. The van der Waals surface area contributed by atoms with Crippen molar-refractivity contribution < 1.29 is 14.3 Å². The quantitative estimate of drug-likeness (QED) is 0.876. The molecule has 0 bridgehead atoms. The van der Waals surface area contributed by atoms with Crippen molar-refractivity contribution in [1.82, 2.24) is 9.78 Å². The predicted molar refractivity (Wildman–Crippen MR) is 59.0 cm³/mol. The van der Waals surface area contributed by atoms with Gasteiger partial charge in [-0.3, -0.25) is 4.68 Å². The second-order valence-corrected chi connectivity index (χ2v) is 4.27. The molecule has 2 aromatic rings. The maximum atomic E-state index is 11.1. The summed E-state index contributed by atoms with van der Waals surface area (Å²) in [5, 5.41) is 13.5. The highest BCUT2D eigenvalue weighted by molar-refractivity contribution is 5.85. The maximum Gasteiger partial charge on any atom is 0.354 e. The van der Waals surface area contributed by atoms with Crippen LogP contribution in [0.2, 0.25) is 0 Å². The van der Waals surface area contributed by atoms with Crippen molar-refractivity contribution in [3.8, 4) is 0 Å². The molecule has 0 atom stereocenters. The number of aromatic nitrogens is 2. The van der Waals surface area contributed by atoms with Gasteiger partial charge in [-0.05, 0) is 31.0 Å². The summed E-state index contributed by atoms with van der Waals surface area (Å²) in [6.07, 6.45) is 3.79. The Morgan fingerprint density at radius 2 is 2.41 bits per heavy atom. The van der Waals surface area contributed by atoms with Crippen molar-refractivity contribution in [3.63, 3.8) is 0 Å². The molecule has 0 amide bonds. The number of hydrogen-bond acceptors (Lipinski definition) is 3. The molecule has 1 aliphatic carbocycles. The zero-order valence-corrected chi connectivity index (χ0v) is 9.17. The second kappa shape index (κ2) is 3.76. The fourth-order valence-electron chi connectivity index (χ4n) is 1.86. The monoisotopic (exact) mass is 232 g/mol. The first-order valence-corrected chi connectivity index (χ1v) is 5.57. The Hall–Kier alpha value is -2.04. The van der Waals surface area contributed by atoms with E-state index in [0.29, 0.717) is 18.2 Å². The minimum Gasteiger partial charge on any atom is -0.477 e. The van der Waals surface area contributed by atoms with Gasteiger partial charge >= 0.3 is 5.97 Å². The van der Waals surface area contributed by atoms with Crippen molar-refractivity contribution in [2.45, 2.75) is 25.3 Å². The molecule has 0 unspecified atom stereocenters. The standard InChI is InChI=1S/C12H12N2O3/c15-12(16)11-6-10(8-3-4-8)13-14(11)7-9-2-1-5-17-9/h1-2,5-6,8H,3-4,7H2,(H,15,16). The predicted octanol–water partition coefficient (Wildman–Crippen LogP) is 2.10. The summed E-state index contributed by atoms with van der Waals surface area (Å²) in [6, 6.07) is 5.26. The summed E-state index contributed by atoms with van der Waals surface area (Å²) in [5.41, 5.74) is 1.11. The van der Waals surface area contributed by atoms with E-state index < -0.39 is 5.97 Å². The van der Waals surface area contributed by atoms with Crippen molar-refractivity contribution >= 4 is 5.97 Å². The number of carboxylic acids is 1. The first-order chi connectivity index (χ1) is 8.24. The summed E-state index contributed by atoms with van der Waals surface area (Å²) in [5.74, 6) is 0.208. The highest BCUT2D eigenvalue weighted by atomic mass is 16.4. The molecule has 3 rings (SSSR count). The van der Waals surface area contributed by atoms with E-state index in [1.54, 1.807) is 18.4 Å². The van der Waals surface area contributed by atoms with Gasteiger partial charge in [0.1, 0.15) is 11.5 Å². The van der Waals surface area contributed by atoms with Crippen LogP contribution in [0.15, 0.2) is 28.9 Å². The number of aromatic carboxylic acids is 1. The molecule has 1 N–H and O–H groups in total. The van der Waals surface area contributed by atoms with E-state index in [2.05, 4.69) is 5.10 Å². The number of carboxylic acid groups (broad SMARTS) is 1. The third kappa shape index (κ3) is 1.95. The van der Waals surface area contributed by atoms with E-state index in [-0.39, 0.29) is 5.69 Å². The molecule has 1 aliphatic rings. The van der Waals surface area contributed by atoms with Crippen LogP contribution >= 0.6 is 0 Å². The summed E-state index contributed by atoms with van der Waals surface area (Å²) in [4.78, 5) is 11.1. The molecule has 5 nitrogen and oxygen atoms in total. The number of hydrogen-bond donors (Lipinski definition) is 1. The van der Waals surface area contributed by atoms with Crippen LogP contribution in [-0.2, 0) is 6.54 Å². The molecule has 0 spiro atoms. The average molecular weight is 232 g/mol. The second-order valence-electron chi connectivity index (χ2n) is 4.27. The fourth-order valence-corrected chi connectivity index (χ4v) is 1.86. The minimum atomic E-state index is -0.948. The van der Waals surface area contributed by atoms with E-state index in [4.69, 9.17) is 9.52 Å². The average Bonchev–Trinajstić information content (AvgIpc) is 2.86. The molecule has 5 heteroatoms. The van der Waals surface area contributed by atoms with Gasteiger partial charge in [0.2, 0.25) is 0 Å². The Morgan fingerprint density at radius 3 is 3.00 bits per heavy atom. The number of nitrogens with zero attached hydrogens (tertiary/aromatic N) is 2. The number of rotatable bonds is 4. The minimum absolute atomic E-state index is 0.225. The molecule has 0 radical (unpaired) electrons. The van der Waals surface area contributed by atoms with Crippen LogP contribution in [0.4, 0.5) is 0 Å². The lowest BCUT2D eigenvalue weighted by Crippen LogP contribution is -2.10. The maximum absolute atomic E-state index is 11.1. The van der Waals surface area contributed by atoms with Crippen LogP contribution in [0.1, 0.15) is 40.7 Å². The molecular formula is C12H12N2O3. The molecular weight excluding hydrogens is 220 g/mol. The number of carbonyl (C=O) groups is 1. The molecule has 0 aromatic carbocycles. The zero-order valence-electron chi connectivity index (χ0n) is 9.17. The van der Waals surface area contributed by atoms with E-state index >= 15 is 0 Å². The third-order valence-electron chi connectivity index (χ3n) is 2.90. The summed E-state index contributed by atoms with van der Waals surface area (Å²) in [6.45, 7) is 0.362. The van der Waals surface area contributed by atoms with E-state index in [0.717, 1.165) is 18.5 Å². The lowest BCUT2D eigenvalue weighted by molar-refractivity contribution is 0.0683. The van der Waals surface area contributed by atoms with Gasteiger partial charge in [0, 0.05) is 5.92 Å². The van der Waals surface area contributed by atoms with Crippen LogP contribution < -0.4 is 0 Å². The lowest BCUT2D eigenvalue weighted by Gasteiger charge is -2.01. The Balaban J connectivity index is 1.93. The third-order valence-corrected chi connectivity index (χ3v) is 2.90. The Bertz CT molecular complexity index is 538. The molecule has 2 aromatic heterocycles. The molecule has 88 valence electrons. The molecule has 0 aliphatic heterocycles. The van der Waals surface area contributed by atoms with Crippen LogP contribution in [0.5, 0.6) is 0 Å². The van der Waals surface area contributed by atoms with Gasteiger partial charge in [0.25, 0.3) is 0 Å². The molecule has 1 fully saturated rings. The first kappa shape index (κ1) is 10.1. The zero-order chi connectivity index (χ0) is 11.8. The number of furan rings is 1. The lowest BCUT2D eigenvalue weighted by atomic mass is 10.3. The Labute approximate surface area is 97.7 Å². The van der Waals surface area contributed by atoms with Crippen molar-refractivity contribution in [2.75, 3.05) is 0 Å². The molecule has 1 saturated carbocycles. The highest BCUT2D eigenvalue weighted by Crippen LogP contribution is 2.39. The van der Waals surface area contributed by atoms with Crippen molar-refractivity contribution in [1.29, 1.82) is 0 Å². The molecule has 17 heavy (non-hydrogen) atoms. The van der Waals surface area contributed by atoms with E-state index in [1.807, 2.05) is 6.07 Å². The van der Waals surface area contributed by atoms with Crippen LogP contribution in [0, 0.1) is 0 Å². The van der Waals surface area contributed by atoms with Gasteiger partial charge in [0.05, 0.1) is 18.5 Å². The summed E-state index contributed by atoms with van der Waals surface area (Å²) >= 11 is 0. The molecule has 2 heterocycles. The van der Waals surface area contributed by atoms with Gasteiger partial charge < -0.3 is 9.52 Å². The van der Waals surface area contributed by atoms with Gasteiger partial charge in [-0.25, -0.2) is 4.79 Å². The van der Waals surface area contributed by atoms with Gasteiger partial charge in [-0.15, -0.1) is 0 Å². The van der Waals surface area contributed by atoms with Crippen molar-refractivity contribution in [3.05, 3.63) is 41.6 Å². The van der Waals surface area contributed by atoms with Crippen molar-refractivity contribution in [2.24, 2.45) is 0 Å². The Morgan fingerprint density at radius 1 is 1.59 bits per heavy atom. The normalized spacial score (nSPS) is 15.1. The van der Waals surface area contributed by atoms with Gasteiger partial charge in [0.15, 0.2) is 0 Å². The SMILES string of the molecule is O=C(O)c1cc(C2CC2)nn1Cc1ccco1. The largest absolute Gasteiger partial charge is 0.477 e. The molecule has 0 saturated heterocycles. The first-order valence-electron chi connectivity index (χ1n) is 5.57. The van der Waals surface area contributed by atoms with Crippen LogP contribution in [-0.4, -0.2) is 20.9 Å². The summed E-state index contributed by atoms with van der Waals surface area (Å²) in [7, 11) is 0. The fraction of sp³-hybridized carbons (Fsp3) is 0.333. The van der Waals surface area contributed by atoms with Crippen LogP contribution in [0.25, 0.3) is 0 Å². The van der Waals surface area contributed by atoms with Gasteiger partial charge in [-0.1, -0.05) is 0 Å². The van der Waals surface area contributed by atoms with Crippen LogP contribution in [0.3, 0.4) is 0 Å². The highest BCUT2D eigenvalue weighted by Gasteiger charge is 2.28. The summed E-state index contributed by atoms with van der Waals surface area (Å²) < 4.78 is 6.70. The van der Waals surface area contributed by atoms with E-state index in [1.165, 1.54) is 4.68 Å².